The summed E-state index contributed by atoms with van der Waals surface area (Å²) < 4.78 is 18.1. The van der Waals surface area contributed by atoms with Crippen molar-refractivity contribution in [2.24, 2.45) is 0 Å². The van der Waals surface area contributed by atoms with Gasteiger partial charge in [0.25, 0.3) is 5.91 Å². The lowest BCUT2D eigenvalue weighted by molar-refractivity contribution is 0.0692. The van der Waals surface area contributed by atoms with E-state index in [0.717, 1.165) is 18.2 Å². The van der Waals surface area contributed by atoms with Crippen molar-refractivity contribution in [2.75, 3.05) is 6.54 Å². The molecule has 5 nitrogen and oxygen atoms in total. The van der Waals surface area contributed by atoms with E-state index < -0.39 is 5.97 Å². The van der Waals surface area contributed by atoms with Crippen molar-refractivity contribution < 1.29 is 23.5 Å². The van der Waals surface area contributed by atoms with Gasteiger partial charge >= 0.3 is 5.97 Å². The molecule has 1 N–H and O–H groups in total. The number of furan rings is 1. The standard InChI is InChI=1S/C17H16FNO4/c1-10-6-12(11-2-4-14(18)5-3-11)8-19(10)16(20)15-7-13(9-23-15)17(21)22/h2-5,7,9-10,12H,6,8H2,1H3,(H,21,22). The second-order valence-corrected chi connectivity index (χ2v) is 5.80. The number of benzene rings is 1. The molecule has 1 fully saturated rings. The largest absolute Gasteiger partial charge is 0.478 e. The van der Waals surface area contributed by atoms with Crippen LogP contribution < -0.4 is 0 Å². The SMILES string of the molecule is CC1CC(c2ccc(F)cc2)CN1C(=O)c1cc(C(=O)O)co1. The smallest absolute Gasteiger partial charge is 0.338 e. The van der Waals surface area contributed by atoms with Crippen LogP contribution in [0.3, 0.4) is 0 Å². The lowest BCUT2D eigenvalue weighted by Crippen LogP contribution is -2.33. The molecule has 6 heteroatoms. The summed E-state index contributed by atoms with van der Waals surface area (Å²) in [6.45, 7) is 2.43. The molecule has 23 heavy (non-hydrogen) atoms. The van der Waals surface area contributed by atoms with Crippen molar-refractivity contribution in [3.05, 3.63) is 59.3 Å². The number of rotatable bonds is 3. The minimum atomic E-state index is -1.13. The zero-order chi connectivity index (χ0) is 16.6. The predicted octanol–water partition coefficient (Wildman–Crippen LogP) is 3.14. The van der Waals surface area contributed by atoms with Crippen LogP contribution in [0, 0.1) is 5.82 Å². The molecule has 3 rings (SSSR count). The van der Waals surface area contributed by atoms with E-state index in [0.29, 0.717) is 6.54 Å². The van der Waals surface area contributed by atoms with Crippen LogP contribution in [-0.4, -0.2) is 34.5 Å². The fourth-order valence-electron chi connectivity index (χ4n) is 2.99. The van der Waals surface area contributed by atoms with Crippen LogP contribution in [0.15, 0.2) is 41.0 Å². The Morgan fingerprint density at radius 1 is 1.30 bits per heavy atom. The Labute approximate surface area is 132 Å². The number of hydrogen-bond donors (Lipinski definition) is 1. The number of hydrogen-bond acceptors (Lipinski definition) is 3. The summed E-state index contributed by atoms with van der Waals surface area (Å²) in [4.78, 5) is 25.0. The third kappa shape index (κ3) is 2.97. The summed E-state index contributed by atoms with van der Waals surface area (Å²) in [5.74, 6) is -1.59. The van der Waals surface area contributed by atoms with E-state index in [1.54, 1.807) is 17.0 Å². The third-order valence-corrected chi connectivity index (χ3v) is 4.23. The fraction of sp³-hybridized carbons (Fsp3) is 0.294. The number of amides is 1. The van der Waals surface area contributed by atoms with Crippen molar-refractivity contribution in [1.29, 1.82) is 0 Å². The van der Waals surface area contributed by atoms with Gasteiger partial charge in [0, 0.05) is 24.6 Å². The predicted molar refractivity (Wildman–Crippen MR) is 79.9 cm³/mol. The summed E-state index contributed by atoms with van der Waals surface area (Å²) in [6, 6.07) is 7.53. The van der Waals surface area contributed by atoms with Crippen molar-refractivity contribution in [2.45, 2.75) is 25.3 Å². The van der Waals surface area contributed by atoms with Gasteiger partial charge in [-0.3, -0.25) is 4.79 Å². The van der Waals surface area contributed by atoms with Gasteiger partial charge in [0.05, 0.1) is 5.56 Å². The van der Waals surface area contributed by atoms with Gasteiger partial charge in [-0.2, -0.15) is 0 Å². The highest BCUT2D eigenvalue weighted by Gasteiger charge is 2.35. The first kappa shape index (κ1) is 15.3. The number of carboxylic acid groups (broad SMARTS) is 1. The molecule has 0 bridgehead atoms. The maximum absolute atomic E-state index is 13.0. The summed E-state index contributed by atoms with van der Waals surface area (Å²) in [6.07, 6.45) is 1.83. The molecular formula is C17H16FNO4. The summed E-state index contributed by atoms with van der Waals surface area (Å²) in [7, 11) is 0. The van der Waals surface area contributed by atoms with Crippen molar-refractivity contribution in [3.63, 3.8) is 0 Å². The monoisotopic (exact) mass is 317 g/mol. The number of halogens is 1. The molecule has 1 aromatic heterocycles. The van der Waals surface area contributed by atoms with E-state index in [2.05, 4.69) is 0 Å². The molecule has 1 aliphatic rings. The summed E-state index contributed by atoms with van der Waals surface area (Å²) in [5.41, 5.74) is 0.939. The molecule has 2 aromatic rings. The lowest BCUT2D eigenvalue weighted by atomic mass is 9.97. The van der Waals surface area contributed by atoms with Crippen LogP contribution in [0.2, 0.25) is 0 Å². The van der Waals surface area contributed by atoms with Crippen molar-refractivity contribution in [3.8, 4) is 0 Å². The second kappa shape index (κ2) is 5.87. The Morgan fingerprint density at radius 2 is 2.00 bits per heavy atom. The first-order valence-corrected chi connectivity index (χ1v) is 7.34. The summed E-state index contributed by atoms with van der Waals surface area (Å²) >= 11 is 0. The highest BCUT2D eigenvalue weighted by Crippen LogP contribution is 2.32. The molecule has 2 atom stereocenters. The van der Waals surface area contributed by atoms with Crippen LogP contribution in [0.25, 0.3) is 0 Å². The number of carbonyl (C=O) groups is 2. The molecule has 120 valence electrons. The molecule has 0 spiro atoms. The highest BCUT2D eigenvalue weighted by molar-refractivity contribution is 5.95. The lowest BCUT2D eigenvalue weighted by Gasteiger charge is -2.20. The Morgan fingerprint density at radius 3 is 2.61 bits per heavy atom. The molecule has 0 saturated carbocycles. The molecule has 0 radical (unpaired) electrons. The number of likely N-dealkylation sites (tertiary alicyclic amines) is 1. The van der Waals surface area contributed by atoms with Crippen LogP contribution >= 0.6 is 0 Å². The van der Waals surface area contributed by atoms with E-state index in [-0.39, 0.29) is 35.0 Å². The van der Waals surface area contributed by atoms with Gasteiger partial charge in [0.15, 0.2) is 5.76 Å². The minimum Gasteiger partial charge on any atom is -0.478 e. The summed E-state index contributed by atoms with van der Waals surface area (Å²) in [5, 5.41) is 8.89. The third-order valence-electron chi connectivity index (χ3n) is 4.23. The van der Waals surface area contributed by atoms with Crippen molar-refractivity contribution in [1.82, 2.24) is 4.90 Å². The number of aromatic carboxylic acids is 1. The zero-order valence-corrected chi connectivity index (χ0v) is 12.5. The van der Waals surface area contributed by atoms with E-state index in [1.807, 2.05) is 6.92 Å². The van der Waals surface area contributed by atoms with Crippen LogP contribution in [0.4, 0.5) is 4.39 Å². The molecule has 1 aromatic carbocycles. The second-order valence-electron chi connectivity index (χ2n) is 5.80. The average molecular weight is 317 g/mol. The average Bonchev–Trinajstić information content (AvgIpc) is 3.14. The van der Waals surface area contributed by atoms with Crippen molar-refractivity contribution >= 4 is 11.9 Å². The molecule has 1 aliphatic heterocycles. The molecule has 1 amide bonds. The van der Waals surface area contributed by atoms with Crippen LogP contribution in [0.1, 0.15) is 45.7 Å². The van der Waals surface area contributed by atoms with Crippen LogP contribution in [-0.2, 0) is 0 Å². The quantitative estimate of drug-likeness (QED) is 0.944. The maximum atomic E-state index is 13.0. The molecule has 2 heterocycles. The maximum Gasteiger partial charge on any atom is 0.338 e. The zero-order valence-electron chi connectivity index (χ0n) is 12.5. The normalized spacial score (nSPS) is 20.7. The molecule has 0 aliphatic carbocycles. The topological polar surface area (TPSA) is 70.8 Å². The first-order valence-electron chi connectivity index (χ1n) is 7.34. The van der Waals surface area contributed by atoms with Gasteiger partial charge in [-0.05, 0) is 31.0 Å². The van der Waals surface area contributed by atoms with Gasteiger partial charge in [0.2, 0.25) is 0 Å². The van der Waals surface area contributed by atoms with E-state index in [9.17, 15) is 14.0 Å². The Bertz CT molecular complexity index is 737. The fourth-order valence-corrected chi connectivity index (χ4v) is 2.99. The van der Waals surface area contributed by atoms with E-state index >= 15 is 0 Å². The Hall–Kier alpha value is -2.63. The Kier molecular flexibility index (Phi) is 3.90. The molecule has 1 saturated heterocycles. The van der Waals surface area contributed by atoms with Gasteiger partial charge in [0.1, 0.15) is 12.1 Å². The van der Waals surface area contributed by atoms with Gasteiger partial charge < -0.3 is 14.4 Å². The van der Waals surface area contributed by atoms with Gasteiger partial charge in [-0.25, -0.2) is 9.18 Å². The minimum absolute atomic E-state index is 0.00377. The number of nitrogens with zero attached hydrogens (tertiary/aromatic N) is 1. The highest BCUT2D eigenvalue weighted by atomic mass is 19.1. The first-order chi connectivity index (χ1) is 11.0. The number of carboxylic acids is 1. The van der Waals surface area contributed by atoms with Gasteiger partial charge in [-0.15, -0.1) is 0 Å². The van der Waals surface area contributed by atoms with E-state index in [1.165, 1.54) is 18.2 Å². The molecular weight excluding hydrogens is 301 g/mol. The Balaban J connectivity index is 1.76. The molecule has 2 unspecified atom stereocenters. The number of carbonyl (C=O) groups excluding carboxylic acids is 1. The van der Waals surface area contributed by atoms with Crippen LogP contribution in [0.5, 0.6) is 0 Å². The van der Waals surface area contributed by atoms with Gasteiger partial charge in [-0.1, -0.05) is 12.1 Å². The van der Waals surface area contributed by atoms with E-state index in [4.69, 9.17) is 9.52 Å².